The standard InChI is InChI=1S/C24H31N5O3.ClH/c1-16-7-8-20(29-11-9-28(3)10-12-29)14-21(16)24(32)27-17(2)18-5-4-6-19(13-18)23(31)26-15-22(25)30;/h4-8,13-14,17H,9-12,15H2,1-3H3,(H2,25,30)(H,26,31)(H,27,32);1H/t17-;/m1./s1. The minimum Gasteiger partial charge on any atom is -0.369 e. The van der Waals surface area contributed by atoms with Crippen molar-refractivity contribution in [2.24, 2.45) is 5.73 Å². The summed E-state index contributed by atoms with van der Waals surface area (Å²) in [7, 11) is 2.11. The normalized spacial score (nSPS) is 14.7. The zero-order valence-corrected chi connectivity index (χ0v) is 20.1. The molecule has 1 heterocycles. The third-order valence-corrected chi connectivity index (χ3v) is 5.75. The van der Waals surface area contributed by atoms with E-state index in [1.165, 1.54) is 0 Å². The topological polar surface area (TPSA) is 108 Å². The van der Waals surface area contributed by atoms with Crippen molar-refractivity contribution in [3.63, 3.8) is 0 Å². The van der Waals surface area contributed by atoms with E-state index in [9.17, 15) is 14.4 Å². The predicted molar refractivity (Wildman–Crippen MR) is 132 cm³/mol. The van der Waals surface area contributed by atoms with Gasteiger partial charge in [-0.2, -0.15) is 0 Å². The molecule has 178 valence electrons. The summed E-state index contributed by atoms with van der Waals surface area (Å²) in [4.78, 5) is 40.8. The summed E-state index contributed by atoms with van der Waals surface area (Å²) in [6.45, 7) is 7.43. The summed E-state index contributed by atoms with van der Waals surface area (Å²) < 4.78 is 0. The highest BCUT2D eigenvalue weighted by atomic mass is 35.5. The van der Waals surface area contributed by atoms with Crippen LogP contribution in [0.25, 0.3) is 0 Å². The Labute approximate surface area is 200 Å². The molecular weight excluding hydrogens is 442 g/mol. The van der Waals surface area contributed by atoms with Gasteiger partial charge in [0.05, 0.1) is 12.6 Å². The van der Waals surface area contributed by atoms with Crippen molar-refractivity contribution in [2.45, 2.75) is 19.9 Å². The molecule has 0 unspecified atom stereocenters. The fraction of sp³-hybridized carbons (Fsp3) is 0.375. The lowest BCUT2D eigenvalue weighted by Crippen LogP contribution is -2.44. The number of anilines is 1. The molecule has 3 rings (SSSR count). The molecule has 1 aliphatic rings. The van der Waals surface area contributed by atoms with Crippen LogP contribution in [0.3, 0.4) is 0 Å². The summed E-state index contributed by atoms with van der Waals surface area (Å²) >= 11 is 0. The van der Waals surface area contributed by atoms with Gasteiger partial charge in [0.25, 0.3) is 11.8 Å². The Morgan fingerprint density at radius 2 is 1.73 bits per heavy atom. The molecule has 8 nitrogen and oxygen atoms in total. The monoisotopic (exact) mass is 473 g/mol. The van der Waals surface area contributed by atoms with E-state index in [4.69, 9.17) is 5.73 Å². The number of nitrogens with one attached hydrogen (secondary N) is 2. The largest absolute Gasteiger partial charge is 0.369 e. The molecule has 0 bridgehead atoms. The minimum absolute atomic E-state index is 0. The van der Waals surface area contributed by atoms with Crippen molar-refractivity contribution in [1.82, 2.24) is 15.5 Å². The lowest BCUT2D eigenvalue weighted by Gasteiger charge is -2.34. The van der Waals surface area contributed by atoms with Gasteiger partial charge >= 0.3 is 0 Å². The van der Waals surface area contributed by atoms with Crippen LogP contribution in [-0.2, 0) is 4.79 Å². The van der Waals surface area contributed by atoms with E-state index in [0.717, 1.165) is 43.0 Å². The summed E-state index contributed by atoms with van der Waals surface area (Å²) in [5.41, 5.74) is 8.87. The number of likely N-dealkylation sites (N-methyl/N-ethyl adjacent to an activating group) is 1. The molecule has 9 heteroatoms. The maximum atomic E-state index is 13.1. The van der Waals surface area contributed by atoms with Crippen molar-refractivity contribution in [1.29, 1.82) is 0 Å². The zero-order valence-electron chi connectivity index (χ0n) is 19.3. The number of amides is 3. The van der Waals surface area contributed by atoms with Crippen LogP contribution in [0.1, 0.15) is 44.8 Å². The van der Waals surface area contributed by atoms with Crippen LogP contribution in [0, 0.1) is 6.92 Å². The first kappa shape index (κ1) is 26.2. The van der Waals surface area contributed by atoms with E-state index in [0.29, 0.717) is 11.1 Å². The van der Waals surface area contributed by atoms with Gasteiger partial charge in [-0.15, -0.1) is 12.4 Å². The molecule has 2 aromatic rings. The minimum atomic E-state index is -0.607. The number of hydrogen-bond acceptors (Lipinski definition) is 5. The second kappa shape index (κ2) is 11.7. The lowest BCUT2D eigenvalue weighted by atomic mass is 10.0. The smallest absolute Gasteiger partial charge is 0.252 e. The van der Waals surface area contributed by atoms with Gasteiger partial charge in [0.1, 0.15) is 0 Å². The molecule has 1 atom stereocenters. The molecular formula is C24H32ClN5O3. The SMILES string of the molecule is Cc1ccc(N2CCN(C)CC2)cc1C(=O)N[C@H](C)c1cccc(C(=O)NCC(N)=O)c1.Cl. The van der Waals surface area contributed by atoms with Gasteiger partial charge < -0.3 is 26.2 Å². The molecule has 0 radical (unpaired) electrons. The molecule has 2 aromatic carbocycles. The Balaban J connectivity index is 0.00000385. The van der Waals surface area contributed by atoms with Crippen molar-refractivity contribution in [2.75, 3.05) is 44.7 Å². The van der Waals surface area contributed by atoms with Gasteiger partial charge in [0.15, 0.2) is 0 Å². The predicted octanol–water partition coefficient (Wildman–Crippen LogP) is 1.87. The van der Waals surface area contributed by atoms with Gasteiger partial charge in [0, 0.05) is 43.0 Å². The molecule has 1 aliphatic heterocycles. The number of nitrogens with two attached hydrogens (primary N) is 1. The van der Waals surface area contributed by atoms with E-state index in [1.54, 1.807) is 18.2 Å². The van der Waals surface area contributed by atoms with Crippen LogP contribution >= 0.6 is 12.4 Å². The molecule has 3 amide bonds. The number of carbonyl (C=O) groups excluding carboxylic acids is 3. The first-order valence-corrected chi connectivity index (χ1v) is 10.8. The number of primary amides is 1. The summed E-state index contributed by atoms with van der Waals surface area (Å²) in [6.07, 6.45) is 0. The van der Waals surface area contributed by atoms with Crippen LogP contribution in [0.15, 0.2) is 42.5 Å². The lowest BCUT2D eigenvalue weighted by molar-refractivity contribution is -0.117. The second-order valence-corrected chi connectivity index (χ2v) is 8.26. The summed E-state index contributed by atoms with van der Waals surface area (Å²) in [5.74, 6) is -1.15. The molecule has 0 aliphatic carbocycles. The Kier molecular flexibility index (Phi) is 9.25. The van der Waals surface area contributed by atoms with Gasteiger partial charge in [0.2, 0.25) is 5.91 Å². The van der Waals surface area contributed by atoms with Gasteiger partial charge in [-0.05, 0) is 56.3 Å². The van der Waals surface area contributed by atoms with Crippen LogP contribution in [0.2, 0.25) is 0 Å². The Morgan fingerprint density at radius 1 is 1.03 bits per heavy atom. The highest BCUT2D eigenvalue weighted by molar-refractivity contribution is 5.97. The van der Waals surface area contributed by atoms with E-state index in [2.05, 4.69) is 33.5 Å². The van der Waals surface area contributed by atoms with E-state index in [1.807, 2.05) is 32.0 Å². The van der Waals surface area contributed by atoms with Crippen LogP contribution in [0.5, 0.6) is 0 Å². The fourth-order valence-corrected chi connectivity index (χ4v) is 3.69. The number of halogens is 1. The first-order chi connectivity index (χ1) is 15.2. The third kappa shape index (κ3) is 6.94. The number of piperazine rings is 1. The number of benzene rings is 2. The van der Waals surface area contributed by atoms with E-state index < -0.39 is 5.91 Å². The average molecular weight is 474 g/mol. The fourth-order valence-electron chi connectivity index (χ4n) is 3.69. The quantitative estimate of drug-likeness (QED) is 0.569. The maximum Gasteiger partial charge on any atom is 0.252 e. The van der Waals surface area contributed by atoms with E-state index >= 15 is 0 Å². The Morgan fingerprint density at radius 3 is 2.39 bits per heavy atom. The van der Waals surface area contributed by atoms with Crippen LogP contribution in [-0.4, -0.2) is 62.4 Å². The molecule has 4 N–H and O–H groups in total. The van der Waals surface area contributed by atoms with Crippen molar-refractivity contribution < 1.29 is 14.4 Å². The molecule has 33 heavy (non-hydrogen) atoms. The molecule has 1 saturated heterocycles. The first-order valence-electron chi connectivity index (χ1n) is 10.8. The summed E-state index contributed by atoms with van der Waals surface area (Å²) in [6, 6.07) is 12.6. The number of nitrogens with zero attached hydrogens (tertiary/aromatic N) is 2. The van der Waals surface area contributed by atoms with Crippen LogP contribution < -0.4 is 21.3 Å². The Bertz CT molecular complexity index is 1010. The molecule has 0 aromatic heterocycles. The molecule has 0 spiro atoms. The van der Waals surface area contributed by atoms with Crippen molar-refractivity contribution >= 4 is 35.8 Å². The number of rotatable bonds is 7. The van der Waals surface area contributed by atoms with Gasteiger partial charge in [-0.25, -0.2) is 0 Å². The number of hydrogen-bond donors (Lipinski definition) is 3. The van der Waals surface area contributed by atoms with Crippen molar-refractivity contribution in [3.05, 3.63) is 64.7 Å². The van der Waals surface area contributed by atoms with Crippen LogP contribution in [0.4, 0.5) is 5.69 Å². The molecule has 1 fully saturated rings. The van der Waals surface area contributed by atoms with Crippen molar-refractivity contribution in [3.8, 4) is 0 Å². The van der Waals surface area contributed by atoms with E-state index in [-0.39, 0.29) is 36.8 Å². The molecule has 0 saturated carbocycles. The highest BCUT2D eigenvalue weighted by Crippen LogP contribution is 2.22. The number of carbonyl (C=O) groups is 3. The maximum absolute atomic E-state index is 13.1. The van der Waals surface area contributed by atoms with Gasteiger partial charge in [-0.3, -0.25) is 14.4 Å². The number of aryl methyl sites for hydroxylation is 1. The second-order valence-electron chi connectivity index (χ2n) is 8.26. The third-order valence-electron chi connectivity index (χ3n) is 5.75. The Hall–Kier alpha value is -3.10. The van der Waals surface area contributed by atoms with Gasteiger partial charge in [-0.1, -0.05) is 18.2 Å². The highest BCUT2D eigenvalue weighted by Gasteiger charge is 2.19. The zero-order chi connectivity index (χ0) is 23.3. The summed E-state index contributed by atoms with van der Waals surface area (Å²) in [5, 5.41) is 5.51. The average Bonchev–Trinajstić information content (AvgIpc) is 2.78.